The van der Waals surface area contributed by atoms with Gasteiger partial charge in [0.05, 0.1) is 0 Å². The minimum atomic E-state index is -2.06. The second-order valence-corrected chi connectivity index (χ2v) is 5.35. The summed E-state index contributed by atoms with van der Waals surface area (Å²) in [5.74, 6) is 2.34. The van der Waals surface area contributed by atoms with Gasteiger partial charge in [0, 0.05) is 19.4 Å². The molecule has 0 aromatic carbocycles. The summed E-state index contributed by atoms with van der Waals surface area (Å²) in [7, 11) is 0. The van der Waals surface area contributed by atoms with E-state index in [1.165, 1.54) is 6.92 Å². The Hall–Kier alpha value is -2.00. The molecule has 0 aromatic heterocycles. The maximum Gasteiger partial charge on any atom is 0.325 e. The first kappa shape index (κ1) is 18.1. The van der Waals surface area contributed by atoms with E-state index < -0.39 is 41.7 Å². The number of amides is 2. The van der Waals surface area contributed by atoms with Gasteiger partial charge >= 0.3 is 5.97 Å². The lowest BCUT2D eigenvalue weighted by molar-refractivity contribution is -0.156. The Balaban J connectivity index is 3.19. The Morgan fingerprint density at radius 1 is 1.32 bits per heavy atom. The van der Waals surface area contributed by atoms with E-state index >= 15 is 0 Å². The Morgan fingerprint density at radius 2 is 1.91 bits per heavy atom. The van der Waals surface area contributed by atoms with Crippen LogP contribution in [0.1, 0.15) is 39.0 Å². The number of ketones is 1. The number of hydrazine groups is 1. The van der Waals surface area contributed by atoms with Crippen LogP contribution >= 0.6 is 0 Å². The fourth-order valence-electron chi connectivity index (χ4n) is 2.33. The van der Waals surface area contributed by atoms with Crippen LogP contribution in [0.3, 0.4) is 0 Å². The number of carboxylic acids is 1. The fourth-order valence-corrected chi connectivity index (χ4v) is 2.33. The van der Waals surface area contributed by atoms with Crippen LogP contribution in [-0.2, 0) is 19.2 Å². The van der Waals surface area contributed by atoms with Gasteiger partial charge in [-0.2, -0.15) is 0 Å². The van der Waals surface area contributed by atoms with E-state index in [2.05, 4.69) is 5.32 Å². The van der Waals surface area contributed by atoms with Gasteiger partial charge in [0.25, 0.3) is 5.91 Å². The quantitative estimate of drug-likeness (QED) is 0.280. The molecule has 9 heteroatoms. The summed E-state index contributed by atoms with van der Waals surface area (Å²) < 4.78 is 0. The van der Waals surface area contributed by atoms with Crippen LogP contribution in [0.2, 0.25) is 0 Å². The molecule has 0 aliphatic carbocycles. The molecule has 0 aromatic rings. The molecule has 1 fully saturated rings. The standard InChI is InChI=1S/C13H22N4O5/c1-8(11(20)21)16-12(22)13(7-14)9(18)5-3-2-4-6-10(19)17(13)15/h8H,2-7,14-15H2,1H3,(H,16,22)(H,20,21)/t8-,13+/m1/s1. The number of nitrogens with zero attached hydrogens (tertiary/aromatic N) is 1. The van der Waals surface area contributed by atoms with Crippen molar-refractivity contribution in [2.24, 2.45) is 11.6 Å². The van der Waals surface area contributed by atoms with E-state index in [9.17, 15) is 19.2 Å². The van der Waals surface area contributed by atoms with Crippen molar-refractivity contribution in [1.82, 2.24) is 10.3 Å². The molecule has 1 saturated heterocycles. The third-order valence-electron chi connectivity index (χ3n) is 3.82. The van der Waals surface area contributed by atoms with Crippen LogP contribution in [0.15, 0.2) is 0 Å². The maximum atomic E-state index is 12.5. The normalized spacial score (nSPS) is 25.0. The van der Waals surface area contributed by atoms with Gasteiger partial charge in [-0.3, -0.25) is 24.2 Å². The molecule has 6 N–H and O–H groups in total. The predicted molar refractivity (Wildman–Crippen MR) is 76.2 cm³/mol. The molecular weight excluding hydrogens is 292 g/mol. The van der Waals surface area contributed by atoms with Crippen molar-refractivity contribution in [3.8, 4) is 0 Å². The van der Waals surface area contributed by atoms with E-state index in [4.69, 9.17) is 16.7 Å². The Bertz CT molecular complexity index is 481. The number of carbonyl (C=O) groups excluding carboxylic acids is 3. The first-order valence-electron chi connectivity index (χ1n) is 7.12. The Labute approximate surface area is 128 Å². The van der Waals surface area contributed by atoms with Gasteiger partial charge in [-0.1, -0.05) is 6.42 Å². The summed E-state index contributed by atoms with van der Waals surface area (Å²) in [4.78, 5) is 47.9. The molecular formula is C13H22N4O5. The minimum absolute atomic E-state index is 0.0487. The summed E-state index contributed by atoms with van der Waals surface area (Å²) in [5, 5.41) is 11.6. The van der Waals surface area contributed by atoms with Gasteiger partial charge in [0.1, 0.15) is 6.04 Å². The van der Waals surface area contributed by atoms with Crippen LogP contribution in [-0.4, -0.2) is 51.8 Å². The number of carboxylic acid groups (broad SMARTS) is 1. The van der Waals surface area contributed by atoms with E-state index in [-0.39, 0.29) is 12.8 Å². The van der Waals surface area contributed by atoms with Gasteiger partial charge in [-0.25, -0.2) is 5.84 Å². The molecule has 2 amide bonds. The van der Waals surface area contributed by atoms with Gasteiger partial charge < -0.3 is 16.2 Å². The fraction of sp³-hybridized carbons (Fsp3) is 0.692. The first-order chi connectivity index (χ1) is 10.3. The zero-order valence-corrected chi connectivity index (χ0v) is 12.5. The maximum absolute atomic E-state index is 12.5. The zero-order valence-electron chi connectivity index (χ0n) is 12.5. The molecule has 9 nitrogen and oxygen atoms in total. The molecule has 0 saturated carbocycles. The van der Waals surface area contributed by atoms with Crippen molar-refractivity contribution in [3.05, 3.63) is 0 Å². The third-order valence-corrected chi connectivity index (χ3v) is 3.82. The summed E-state index contributed by atoms with van der Waals surface area (Å²) in [6.07, 6.45) is 1.90. The van der Waals surface area contributed by atoms with E-state index in [0.29, 0.717) is 24.3 Å². The highest BCUT2D eigenvalue weighted by Crippen LogP contribution is 2.22. The molecule has 1 aliphatic heterocycles. The number of aliphatic carboxylic acids is 1. The topological polar surface area (TPSA) is 156 Å². The highest BCUT2D eigenvalue weighted by atomic mass is 16.4. The number of carbonyl (C=O) groups is 4. The average Bonchev–Trinajstić information content (AvgIpc) is 2.51. The molecule has 124 valence electrons. The van der Waals surface area contributed by atoms with Gasteiger partial charge in [-0.15, -0.1) is 0 Å². The first-order valence-corrected chi connectivity index (χ1v) is 7.12. The summed E-state index contributed by atoms with van der Waals surface area (Å²) >= 11 is 0. The molecule has 0 unspecified atom stereocenters. The number of nitrogens with one attached hydrogen (secondary N) is 1. The highest BCUT2D eigenvalue weighted by Gasteiger charge is 2.51. The van der Waals surface area contributed by atoms with Crippen molar-refractivity contribution in [3.63, 3.8) is 0 Å². The molecule has 22 heavy (non-hydrogen) atoms. The highest BCUT2D eigenvalue weighted by molar-refractivity contribution is 6.13. The number of nitrogens with two attached hydrogens (primary N) is 2. The number of Topliss-reactive ketones (excluding diaryl/α,β-unsaturated/α-hetero) is 1. The average molecular weight is 314 g/mol. The van der Waals surface area contributed by atoms with Crippen molar-refractivity contribution in [2.75, 3.05) is 6.54 Å². The number of hydrogen-bond acceptors (Lipinski definition) is 6. The SMILES string of the molecule is C[C@@H](NC(=O)[C@]1(CN)C(=O)CCCCCC(=O)N1N)C(=O)O. The molecule has 2 atom stereocenters. The predicted octanol–water partition coefficient (Wildman–Crippen LogP) is -1.49. The lowest BCUT2D eigenvalue weighted by Crippen LogP contribution is -2.71. The third kappa shape index (κ3) is 3.42. The van der Waals surface area contributed by atoms with E-state index in [0.717, 1.165) is 0 Å². The van der Waals surface area contributed by atoms with E-state index in [1.807, 2.05) is 0 Å². The monoisotopic (exact) mass is 314 g/mol. The van der Waals surface area contributed by atoms with Crippen LogP contribution in [0.4, 0.5) is 0 Å². The van der Waals surface area contributed by atoms with Gasteiger partial charge in [0.2, 0.25) is 11.4 Å². The summed E-state index contributed by atoms with van der Waals surface area (Å²) in [6.45, 7) is 0.735. The Kier molecular flexibility index (Phi) is 6.01. The second kappa shape index (κ2) is 7.32. The summed E-state index contributed by atoms with van der Waals surface area (Å²) in [6, 6.07) is -1.24. The molecule has 0 radical (unpaired) electrons. The van der Waals surface area contributed by atoms with Crippen LogP contribution < -0.4 is 16.9 Å². The molecule has 1 heterocycles. The second-order valence-electron chi connectivity index (χ2n) is 5.35. The van der Waals surface area contributed by atoms with Crippen molar-refractivity contribution < 1.29 is 24.3 Å². The lowest BCUT2D eigenvalue weighted by atomic mass is 9.88. The summed E-state index contributed by atoms with van der Waals surface area (Å²) in [5.41, 5.74) is 3.54. The van der Waals surface area contributed by atoms with Gasteiger partial charge in [0.15, 0.2) is 5.78 Å². The lowest BCUT2D eigenvalue weighted by Gasteiger charge is -2.37. The molecule has 0 spiro atoms. The largest absolute Gasteiger partial charge is 0.480 e. The smallest absolute Gasteiger partial charge is 0.325 e. The van der Waals surface area contributed by atoms with E-state index in [1.54, 1.807) is 0 Å². The van der Waals surface area contributed by atoms with Crippen LogP contribution in [0.25, 0.3) is 0 Å². The Morgan fingerprint density at radius 3 is 2.45 bits per heavy atom. The zero-order chi connectivity index (χ0) is 16.9. The molecule has 0 bridgehead atoms. The van der Waals surface area contributed by atoms with Crippen molar-refractivity contribution >= 4 is 23.6 Å². The van der Waals surface area contributed by atoms with Crippen LogP contribution in [0, 0.1) is 0 Å². The molecule has 1 rings (SSSR count). The van der Waals surface area contributed by atoms with Crippen LogP contribution in [0.5, 0.6) is 0 Å². The van der Waals surface area contributed by atoms with Gasteiger partial charge in [-0.05, 0) is 19.8 Å². The molecule has 1 aliphatic rings. The number of rotatable bonds is 4. The van der Waals surface area contributed by atoms with Crippen molar-refractivity contribution in [2.45, 2.75) is 50.6 Å². The minimum Gasteiger partial charge on any atom is -0.480 e. The van der Waals surface area contributed by atoms with Crippen molar-refractivity contribution in [1.29, 1.82) is 0 Å². The number of hydrogen-bond donors (Lipinski definition) is 4.